The second kappa shape index (κ2) is 2.08. The van der Waals surface area contributed by atoms with Crippen molar-refractivity contribution in [3.63, 3.8) is 0 Å². The molecule has 11 heavy (non-hydrogen) atoms. The lowest BCUT2D eigenvalue weighted by atomic mass is 9.94. The molecule has 0 saturated heterocycles. The highest BCUT2D eigenvalue weighted by Gasteiger charge is 2.02. The van der Waals surface area contributed by atoms with Crippen LogP contribution in [0.4, 0.5) is 4.39 Å². The maximum Gasteiger partial charge on any atom is 0.136 e. The van der Waals surface area contributed by atoms with Gasteiger partial charge < -0.3 is 4.98 Å². The number of fused-ring (bicyclic) bond motifs is 1. The van der Waals surface area contributed by atoms with Crippen LogP contribution in [0.1, 0.15) is 0 Å². The molecule has 2 radical (unpaired) electrons. The Balaban J connectivity index is 2.93. The number of nitrogens with zero attached hydrogens (tertiary/aromatic N) is 1. The van der Waals surface area contributed by atoms with Crippen molar-refractivity contribution in [2.45, 2.75) is 0 Å². The van der Waals surface area contributed by atoms with Gasteiger partial charge in [0, 0.05) is 11.6 Å². The monoisotopic (exact) mass is 146 g/mol. The van der Waals surface area contributed by atoms with Crippen LogP contribution in [-0.2, 0) is 0 Å². The van der Waals surface area contributed by atoms with Crippen molar-refractivity contribution in [1.82, 2.24) is 9.97 Å². The molecule has 4 heteroatoms. The topological polar surface area (TPSA) is 28.7 Å². The number of pyridine rings is 1. The molecule has 2 aromatic rings. The third-order valence-corrected chi connectivity index (χ3v) is 1.58. The van der Waals surface area contributed by atoms with E-state index in [1.54, 1.807) is 12.3 Å². The van der Waals surface area contributed by atoms with Crippen molar-refractivity contribution in [3.8, 4) is 0 Å². The standard InChI is InChI=1S/C7H4BFN2/c8-6-4-1-2-10-7(4)11-3-5(6)9/h1-3H,(H,10,11). The van der Waals surface area contributed by atoms with E-state index >= 15 is 0 Å². The van der Waals surface area contributed by atoms with Crippen LogP contribution in [0.15, 0.2) is 18.5 Å². The minimum Gasteiger partial charge on any atom is -0.346 e. The molecule has 0 amide bonds. The molecule has 1 N–H and O–H groups in total. The lowest BCUT2D eigenvalue weighted by molar-refractivity contribution is 0.632. The number of rotatable bonds is 0. The quantitative estimate of drug-likeness (QED) is 0.538. The first-order valence-corrected chi connectivity index (χ1v) is 3.16. The predicted octanol–water partition coefficient (Wildman–Crippen LogP) is 0.496. The zero-order valence-corrected chi connectivity index (χ0v) is 5.63. The average molecular weight is 146 g/mol. The highest BCUT2D eigenvalue weighted by atomic mass is 19.1. The van der Waals surface area contributed by atoms with E-state index in [2.05, 4.69) is 9.97 Å². The molecule has 52 valence electrons. The lowest BCUT2D eigenvalue weighted by Gasteiger charge is -1.95. The second-order valence-electron chi connectivity index (χ2n) is 2.26. The zero-order chi connectivity index (χ0) is 7.84. The van der Waals surface area contributed by atoms with Gasteiger partial charge in [-0.1, -0.05) is 0 Å². The number of halogens is 1. The summed E-state index contributed by atoms with van der Waals surface area (Å²) in [5, 5.41) is 0.630. The Bertz CT molecular complexity index is 396. The van der Waals surface area contributed by atoms with Crippen molar-refractivity contribution in [2.75, 3.05) is 0 Å². The van der Waals surface area contributed by atoms with Crippen LogP contribution in [0.25, 0.3) is 11.0 Å². The summed E-state index contributed by atoms with van der Waals surface area (Å²) in [6.07, 6.45) is 2.78. The van der Waals surface area contributed by atoms with E-state index in [-0.39, 0.29) is 5.46 Å². The van der Waals surface area contributed by atoms with Gasteiger partial charge in [0.1, 0.15) is 19.3 Å². The molecule has 2 aromatic heterocycles. The first-order chi connectivity index (χ1) is 5.29. The van der Waals surface area contributed by atoms with E-state index < -0.39 is 5.82 Å². The summed E-state index contributed by atoms with van der Waals surface area (Å²) in [4.78, 5) is 6.62. The molecule has 2 rings (SSSR count). The van der Waals surface area contributed by atoms with Crippen LogP contribution in [-0.4, -0.2) is 17.8 Å². The third kappa shape index (κ3) is 0.825. The van der Waals surface area contributed by atoms with Crippen LogP contribution < -0.4 is 5.46 Å². The van der Waals surface area contributed by atoms with E-state index in [4.69, 9.17) is 7.85 Å². The average Bonchev–Trinajstić information content (AvgIpc) is 2.45. The number of H-pyrrole nitrogens is 1. The Labute approximate surface area is 63.9 Å². The fourth-order valence-electron chi connectivity index (χ4n) is 1.00. The van der Waals surface area contributed by atoms with E-state index in [9.17, 15) is 4.39 Å². The molecule has 0 saturated carbocycles. The molecule has 0 aromatic carbocycles. The molecule has 0 spiro atoms. The highest BCUT2D eigenvalue weighted by Crippen LogP contribution is 2.06. The summed E-state index contributed by atoms with van der Waals surface area (Å²) >= 11 is 0. The lowest BCUT2D eigenvalue weighted by Crippen LogP contribution is -2.09. The molecule has 0 fully saturated rings. The molecular formula is C7H4BFN2. The number of aromatic nitrogens is 2. The molecule has 2 heterocycles. The Morgan fingerprint density at radius 1 is 1.55 bits per heavy atom. The van der Waals surface area contributed by atoms with Crippen molar-refractivity contribution in [1.29, 1.82) is 0 Å². The van der Waals surface area contributed by atoms with Gasteiger partial charge in [-0.3, -0.25) is 0 Å². The summed E-state index contributed by atoms with van der Waals surface area (Å²) in [6.45, 7) is 0. The molecule has 0 unspecified atom stereocenters. The summed E-state index contributed by atoms with van der Waals surface area (Å²) in [5.74, 6) is -0.475. The van der Waals surface area contributed by atoms with Gasteiger partial charge in [0.05, 0.1) is 6.20 Å². The van der Waals surface area contributed by atoms with Crippen LogP contribution in [0.2, 0.25) is 0 Å². The molecule has 2 nitrogen and oxygen atoms in total. The molecule has 0 aliphatic rings. The van der Waals surface area contributed by atoms with E-state index in [1.807, 2.05) is 0 Å². The minimum atomic E-state index is -0.475. The maximum atomic E-state index is 12.7. The van der Waals surface area contributed by atoms with Crippen molar-refractivity contribution in [3.05, 3.63) is 24.3 Å². The first-order valence-electron chi connectivity index (χ1n) is 3.16. The number of nitrogens with one attached hydrogen (secondary N) is 1. The van der Waals surface area contributed by atoms with Gasteiger partial charge in [0.15, 0.2) is 0 Å². The van der Waals surface area contributed by atoms with Gasteiger partial charge in [0.2, 0.25) is 0 Å². The smallest absolute Gasteiger partial charge is 0.136 e. The van der Waals surface area contributed by atoms with E-state index in [0.29, 0.717) is 11.0 Å². The van der Waals surface area contributed by atoms with Gasteiger partial charge >= 0.3 is 0 Å². The molecule has 0 aliphatic carbocycles. The Morgan fingerprint density at radius 3 is 3.18 bits per heavy atom. The molecule has 0 atom stereocenters. The largest absolute Gasteiger partial charge is 0.346 e. The van der Waals surface area contributed by atoms with E-state index in [1.165, 1.54) is 0 Å². The first kappa shape index (κ1) is 6.40. The van der Waals surface area contributed by atoms with Gasteiger partial charge in [0.25, 0.3) is 0 Å². The van der Waals surface area contributed by atoms with Crippen LogP contribution in [0.5, 0.6) is 0 Å². The van der Waals surface area contributed by atoms with Gasteiger partial charge in [-0.2, -0.15) is 0 Å². The maximum absolute atomic E-state index is 12.7. The summed E-state index contributed by atoms with van der Waals surface area (Å²) in [6, 6.07) is 1.70. The fourth-order valence-corrected chi connectivity index (χ4v) is 1.00. The normalized spacial score (nSPS) is 10.6. The van der Waals surface area contributed by atoms with Gasteiger partial charge in [-0.25, -0.2) is 9.37 Å². The second-order valence-corrected chi connectivity index (χ2v) is 2.26. The molecule has 0 bridgehead atoms. The highest BCUT2D eigenvalue weighted by molar-refractivity contribution is 6.38. The number of hydrogen-bond acceptors (Lipinski definition) is 1. The Hall–Kier alpha value is -1.32. The van der Waals surface area contributed by atoms with Crippen LogP contribution >= 0.6 is 0 Å². The molecule has 0 aliphatic heterocycles. The summed E-state index contributed by atoms with van der Waals surface area (Å²) in [5.41, 5.74) is 0.764. The SMILES string of the molecule is [B]c1c(F)cnc2[nH]ccc12. The van der Waals surface area contributed by atoms with Crippen molar-refractivity contribution in [2.24, 2.45) is 0 Å². The minimum absolute atomic E-state index is 0.149. The molecular weight excluding hydrogens is 142 g/mol. The Morgan fingerprint density at radius 2 is 2.36 bits per heavy atom. The van der Waals surface area contributed by atoms with Crippen molar-refractivity contribution >= 4 is 24.3 Å². The van der Waals surface area contributed by atoms with Gasteiger partial charge in [-0.05, 0) is 11.5 Å². The number of aromatic amines is 1. The third-order valence-electron chi connectivity index (χ3n) is 1.58. The van der Waals surface area contributed by atoms with Gasteiger partial charge in [-0.15, -0.1) is 0 Å². The van der Waals surface area contributed by atoms with Crippen LogP contribution in [0, 0.1) is 5.82 Å². The fraction of sp³-hybridized carbons (Fsp3) is 0. The predicted molar refractivity (Wildman–Crippen MR) is 41.4 cm³/mol. The Kier molecular flexibility index (Phi) is 1.21. The van der Waals surface area contributed by atoms with Crippen molar-refractivity contribution < 1.29 is 4.39 Å². The zero-order valence-electron chi connectivity index (χ0n) is 5.63. The summed E-state index contributed by atoms with van der Waals surface area (Å²) in [7, 11) is 5.43. The van der Waals surface area contributed by atoms with E-state index in [0.717, 1.165) is 6.20 Å². The summed E-state index contributed by atoms with van der Waals surface area (Å²) < 4.78 is 12.7. The number of hydrogen-bond donors (Lipinski definition) is 1. The van der Waals surface area contributed by atoms with Crippen LogP contribution in [0.3, 0.4) is 0 Å².